The molecule has 2 N–H and O–H groups in total. The van der Waals surface area contributed by atoms with Crippen molar-refractivity contribution in [2.45, 2.75) is 13.8 Å². The largest absolute Gasteiger partial charge is 0.507 e. The van der Waals surface area contributed by atoms with Gasteiger partial charge in [0.25, 0.3) is 0 Å². The van der Waals surface area contributed by atoms with Gasteiger partial charge >= 0.3 is 0 Å². The maximum absolute atomic E-state index is 10.4. The molecule has 6 nitrogen and oxygen atoms in total. The fraction of sp³-hybridized carbons (Fsp3) is 0.174. The Labute approximate surface area is 180 Å². The summed E-state index contributed by atoms with van der Waals surface area (Å²) in [7, 11) is 0. The smallest absolute Gasteiger partial charge is 0.216 e. The summed E-state index contributed by atoms with van der Waals surface area (Å²) >= 11 is 5.38. The number of rotatable bonds is 6. The lowest BCUT2D eigenvalue weighted by Crippen LogP contribution is -2.21. The van der Waals surface area contributed by atoms with E-state index in [2.05, 4.69) is 46.2 Å². The van der Waals surface area contributed by atoms with Crippen molar-refractivity contribution in [3.63, 3.8) is 0 Å². The highest BCUT2D eigenvalue weighted by molar-refractivity contribution is 7.71. The molecule has 0 aliphatic rings. The number of phenolic OH excluding ortho intramolecular Hbond substituents is 1. The van der Waals surface area contributed by atoms with E-state index in [1.807, 2.05) is 42.5 Å². The Kier molecular flexibility index (Phi) is 5.63. The van der Waals surface area contributed by atoms with E-state index in [1.165, 1.54) is 0 Å². The van der Waals surface area contributed by atoms with E-state index in [1.54, 1.807) is 17.0 Å². The first kappa shape index (κ1) is 19.8. The van der Waals surface area contributed by atoms with Crippen molar-refractivity contribution < 1.29 is 5.11 Å². The molecule has 0 spiro atoms. The van der Waals surface area contributed by atoms with Crippen LogP contribution < -0.4 is 4.90 Å². The number of fused-ring (bicyclic) bond motifs is 1. The van der Waals surface area contributed by atoms with Crippen molar-refractivity contribution >= 4 is 34.9 Å². The van der Waals surface area contributed by atoms with Crippen molar-refractivity contribution in [2.24, 2.45) is 5.10 Å². The number of benzene rings is 3. The summed E-state index contributed by atoms with van der Waals surface area (Å²) in [6.45, 7) is 6.18. The van der Waals surface area contributed by atoms with Crippen LogP contribution in [-0.2, 0) is 0 Å². The lowest BCUT2D eigenvalue weighted by atomic mass is 10.0. The van der Waals surface area contributed by atoms with Crippen molar-refractivity contribution in [2.75, 3.05) is 18.0 Å². The second kappa shape index (κ2) is 8.51. The number of anilines is 1. The third-order valence-corrected chi connectivity index (χ3v) is 5.42. The zero-order valence-corrected chi connectivity index (χ0v) is 17.7. The number of hydrogen-bond acceptors (Lipinski definition) is 5. The predicted octanol–water partition coefficient (Wildman–Crippen LogP) is 5.19. The van der Waals surface area contributed by atoms with Crippen LogP contribution in [0.2, 0.25) is 0 Å². The minimum atomic E-state index is 0.164. The molecule has 3 aromatic carbocycles. The van der Waals surface area contributed by atoms with E-state index in [4.69, 9.17) is 12.2 Å². The van der Waals surface area contributed by atoms with Gasteiger partial charge in [-0.15, -0.1) is 0 Å². The lowest BCUT2D eigenvalue weighted by Gasteiger charge is -2.21. The molecule has 1 aromatic heterocycles. The van der Waals surface area contributed by atoms with Crippen LogP contribution in [0.3, 0.4) is 0 Å². The third kappa shape index (κ3) is 3.71. The maximum atomic E-state index is 10.4. The summed E-state index contributed by atoms with van der Waals surface area (Å²) in [4.78, 5) is 2.28. The average Bonchev–Trinajstić information content (AvgIpc) is 3.15. The van der Waals surface area contributed by atoms with Gasteiger partial charge in [0.15, 0.2) is 5.82 Å². The first-order valence-corrected chi connectivity index (χ1v) is 10.3. The van der Waals surface area contributed by atoms with Gasteiger partial charge < -0.3 is 10.0 Å². The van der Waals surface area contributed by atoms with Crippen molar-refractivity contribution in [1.82, 2.24) is 14.9 Å². The molecule has 7 heteroatoms. The molecule has 0 atom stereocenters. The fourth-order valence-corrected chi connectivity index (χ4v) is 3.71. The van der Waals surface area contributed by atoms with Crippen LogP contribution in [0.5, 0.6) is 5.75 Å². The fourth-order valence-electron chi connectivity index (χ4n) is 3.53. The van der Waals surface area contributed by atoms with Crippen molar-refractivity contribution in [1.29, 1.82) is 0 Å². The minimum Gasteiger partial charge on any atom is -0.507 e. The molecule has 152 valence electrons. The van der Waals surface area contributed by atoms with Gasteiger partial charge in [0.2, 0.25) is 4.77 Å². The van der Waals surface area contributed by atoms with Gasteiger partial charge in [-0.3, -0.25) is 0 Å². The Balaban J connectivity index is 1.72. The molecular weight excluding hydrogens is 394 g/mol. The molecule has 0 saturated heterocycles. The van der Waals surface area contributed by atoms with E-state index < -0.39 is 0 Å². The number of phenols is 1. The predicted molar refractivity (Wildman–Crippen MR) is 125 cm³/mol. The third-order valence-electron chi connectivity index (χ3n) is 5.15. The van der Waals surface area contributed by atoms with E-state index in [0.29, 0.717) is 16.2 Å². The zero-order chi connectivity index (χ0) is 21.1. The Morgan fingerprint density at radius 1 is 1.07 bits per heavy atom. The van der Waals surface area contributed by atoms with E-state index >= 15 is 0 Å². The zero-order valence-electron chi connectivity index (χ0n) is 16.9. The minimum absolute atomic E-state index is 0.164. The molecule has 0 radical (unpaired) electrons. The molecule has 0 bridgehead atoms. The summed E-state index contributed by atoms with van der Waals surface area (Å²) in [5.74, 6) is 0.777. The highest BCUT2D eigenvalue weighted by Gasteiger charge is 2.10. The van der Waals surface area contributed by atoms with Crippen LogP contribution >= 0.6 is 12.2 Å². The molecule has 0 amide bonds. The molecular formula is C23H23N5OS. The molecule has 1 heterocycles. The van der Waals surface area contributed by atoms with Gasteiger partial charge in [0.1, 0.15) is 5.75 Å². The molecule has 30 heavy (non-hydrogen) atoms. The molecule has 4 rings (SSSR count). The summed E-state index contributed by atoms with van der Waals surface area (Å²) in [5.41, 5.74) is 2.70. The highest BCUT2D eigenvalue weighted by Crippen LogP contribution is 2.26. The quantitative estimate of drug-likeness (QED) is 0.334. The van der Waals surface area contributed by atoms with Crippen LogP contribution in [0.25, 0.3) is 22.2 Å². The summed E-state index contributed by atoms with van der Waals surface area (Å²) in [6, 6.07) is 19.6. The lowest BCUT2D eigenvalue weighted by molar-refractivity contribution is 0.475. The number of aromatic nitrogens is 3. The first-order valence-electron chi connectivity index (χ1n) is 9.90. The normalized spacial score (nSPS) is 11.4. The Bertz CT molecular complexity index is 1250. The number of nitrogens with one attached hydrogen (secondary N) is 1. The topological polar surface area (TPSA) is 69.4 Å². The van der Waals surface area contributed by atoms with Crippen molar-refractivity contribution in [3.8, 4) is 17.1 Å². The van der Waals surface area contributed by atoms with E-state index in [-0.39, 0.29) is 5.75 Å². The number of H-pyrrole nitrogens is 1. The Hall–Kier alpha value is -3.45. The number of nitrogens with zero attached hydrogens (tertiary/aromatic N) is 4. The summed E-state index contributed by atoms with van der Waals surface area (Å²) < 4.78 is 1.96. The second-order valence-corrected chi connectivity index (χ2v) is 7.23. The maximum Gasteiger partial charge on any atom is 0.216 e. The molecule has 0 saturated carbocycles. The number of aromatic hydroxyl groups is 1. The van der Waals surface area contributed by atoms with Gasteiger partial charge in [0.05, 0.1) is 6.21 Å². The molecule has 0 aliphatic heterocycles. The van der Waals surface area contributed by atoms with E-state index in [0.717, 1.165) is 35.1 Å². The van der Waals surface area contributed by atoms with Crippen molar-refractivity contribution in [3.05, 3.63) is 71.0 Å². The van der Waals surface area contributed by atoms with Crippen LogP contribution in [0.15, 0.2) is 65.8 Å². The SMILES string of the molecule is CCN(CC)c1ccc(-c2n[nH]c(=S)n2N=Cc2c(O)ccc3ccccc23)cc1. The van der Waals surface area contributed by atoms with E-state index in [9.17, 15) is 5.11 Å². The molecule has 0 aliphatic carbocycles. The molecule has 0 fully saturated rings. The van der Waals surface area contributed by atoms with Crippen LogP contribution in [0.1, 0.15) is 19.4 Å². The molecule has 4 aromatic rings. The Morgan fingerprint density at radius 3 is 2.53 bits per heavy atom. The van der Waals surface area contributed by atoms with Crippen LogP contribution in [0, 0.1) is 4.77 Å². The van der Waals surface area contributed by atoms with Gasteiger partial charge in [-0.2, -0.15) is 14.9 Å². The standard InChI is InChI=1S/C23H23N5OS/c1-3-27(4-2)18-12-9-17(10-13-18)22-25-26-23(30)28(22)24-15-20-19-8-6-5-7-16(19)11-14-21(20)29/h5-15,29H,3-4H2,1-2H3,(H,26,30). The first-order chi connectivity index (χ1) is 14.6. The van der Waals surface area contributed by atoms with Gasteiger partial charge in [-0.05, 0) is 67.2 Å². The van der Waals surface area contributed by atoms with Crippen LogP contribution in [-0.4, -0.2) is 39.3 Å². The van der Waals surface area contributed by atoms with Gasteiger partial charge in [-0.25, -0.2) is 5.10 Å². The van der Waals surface area contributed by atoms with Crippen LogP contribution in [0.4, 0.5) is 5.69 Å². The summed E-state index contributed by atoms with van der Waals surface area (Å²) in [5, 5.41) is 24.0. The van der Waals surface area contributed by atoms with Gasteiger partial charge in [0, 0.05) is 29.9 Å². The molecule has 0 unspecified atom stereocenters. The average molecular weight is 418 g/mol. The number of aromatic amines is 1. The second-order valence-electron chi connectivity index (χ2n) is 6.85. The van der Waals surface area contributed by atoms with Gasteiger partial charge in [-0.1, -0.05) is 30.3 Å². The summed E-state index contributed by atoms with van der Waals surface area (Å²) in [6.07, 6.45) is 1.62. The number of hydrogen-bond donors (Lipinski definition) is 2. The highest BCUT2D eigenvalue weighted by atomic mass is 32.1. The monoisotopic (exact) mass is 417 g/mol. The Morgan fingerprint density at radius 2 is 1.80 bits per heavy atom.